The van der Waals surface area contributed by atoms with Gasteiger partial charge in [0, 0.05) is 11.1 Å². The minimum absolute atomic E-state index is 0.275. The van der Waals surface area contributed by atoms with E-state index in [1.165, 1.54) is 0 Å². The van der Waals surface area contributed by atoms with Gasteiger partial charge >= 0.3 is 0 Å². The first kappa shape index (κ1) is 10.9. The first-order chi connectivity index (χ1) is 8.77. The maximum Gasteiger partial charge on any atom is 0.224 e. The number of aliphatic imine (C=N–C) groups is 1. The van der Waals surface area contributed by atoms with Gasteiger partial charge in [0.25, 0.3) is 0 Å². The summed E-state index contributed by atoms with van der Waals surface area (Å²) in [5.41, 5.74) is 2.71. The smallest absolute Gasteiger partial charge is 0.224 e. The summed E-state index contributed by atoms with van der Waals surface area (Å²) in [4.78, 5) is 4.69. The molecule has 0 spiro atoms. The molecule has 0 N–H and O–H groups in total. The number of hydrogen-bond acceptors (Lipinski definition) is 3. The predicted octanol–water partition coefficient (Wildman–Crippen LogP) is 2.22. The lowest BCUT2D eigenvalue weighted by molar-refractivity contribution is 0.627. The standard InChI is InChI=1S/C14H9NO2S/c16-18(17)14-11-8-4-5-9-12(11)15-13(14)10-6-2-1-3-7-10/h1-9H. The molecule has 1 aliphatic heterocycles. The third-order valence-electron chi connectivity index (χ3n) is 2.81. The molecule has 0 aliphatic carbocycles. The van der Waals surface area contributed by atoms with Crippen molar-refractivity contribution in [2.24, 2.45) is 4.99 Å². The molecule has 0 radical (unpaired) electrons. The average molecular weight is 255 g/mol. The molecular weight excluding hydrogens is 246 g/mol. The van der Waals surface area contributed by atoms with Crippen LogP contribution in [0.1, 0.15) is 11.1 Å². The summed E-state index contributed by atoms with van der Waals surface area (Å²) in [6, 6.07) is 16.6. The third kappa shape index (κ3) is 1.67. The van der Waals surface area contributed by atoms with Crippen LogP contribution in [0.2, 0.25) is 0 Å². The molecule has 0 bridgehead atoms. The molecule has 1 heterocycles. The molecule has 0 saturated carbocycles. The van der Waals surface area contributed by atoms with E-state index in [0.717, 1.165) is 5.56 Å². The Labute approximate surface area is 106 Å². The quantitative estimate of drug-likeness (QED) is 0.733. The summed E-state index contributed by atoms with van der Waals surface area (Å²) in [6.07, 6.45) is 0. The second-order valence-electron chi connectivity index (χ2n) is 3.91. The van der Waals surface area contributed by atoms with Gasteiger partial charge < -0.3 is 0 Å². The van der Waals surface area contributed by atoms with Gasteiger partial charge in [0.2, 0.25) is 10.3 Å². The van der Waals surface area contributed by atoms with Crippen LogP contribution in [0.3, 0.4) is 0 Å². The lowest BCUT2D eigenvalue weighted by atomic mass is 10.0. The number of benzene rings is 2. The Morgan fingerprint density at radius 1 is 0.833 bits per heavy atom. The molecule has 0 aromatic heterocycles. The van der Waals surface area contributed by atoms with E-state index in [9.17, 15) is 8.42 Å². The maximum absolute atomic E-state index is 11.4. The zero-order valence-corrected chi connectivity index (χ0v) is 10.2. The SMILES string of the molecule is O=S(=O)=C1C(c2ccccc2)=Nc2ccccc21. The Kier molecular flexibility index (Phi) is 2.57. The molecule has 88 valence electrons. The van der Waals surface area contributed by atoms with Crippen molar-refractivity contribution in [3.8, 4) is 0 Å². The monoisotopic (exact) mass is 255 g/mol. The molecule has 1 aliphatic rings. The van der Waals surface area contributed by atoms with E-state index >= 15 is 0 Å². The molecule has 3 rings (SSSR count). The zero-order chi connectivity index (χ0) is 12.5. The predicted molar refractivity (Wildman–Crippen MR) is 72.1 cm³/mol. The van der Waals surface area contributed by atoms with Gasteiger partial charge in [-0.05, 0) is 6.07 Å². The van der Waals surface area contributed by atoms with E-state index in [2.05, 4.69) is 4.99 Å². The molecule has 18 heavy (non-hydrogen) atoms. The van der Waals surface area contributed by atoms with Crippen LogP contribution in [-0.4, -0.2) is 19.0 Å². The molecule has 0 amide bonds. The van der Waals surface area contributed by atoms with Crippen molar-refractivity contribution >= 4 is 26.6 Å². The van der Waals surface area contributed by atoms with E-state index in [0.29, 0.717) is 17.0 Å². The van der Waals surface area contributed by atoms with Crippen LogP contribution < -0.4 is 0 Å². The number of nitrogens with zero attached hydrogens (tertiary/aromatic N) is 1. The fraction of sp³-hybridized carbons (Fsp3) is 0. The van der Waals surface area contributed by atoms with E-state index in [4.69, 9.17) is 0 Å². The molecule has 0 unspecified atom stereocenters. The first-order valence-electron chi connectivity index (χ1n) is 5.47. The van der Waals surface area contributed by atoms with Gasteiger partial charge in [-0.15, -0.1) is 0 Å². The van der Waals surface area contributed by atoms with E-state index in [-0.39, 0.29) is 4.86 Å². The highest BCUT2D eigenvalue weighted by Crippen LogP contribution is 2.28. The van der Waals surface area contributed by atoms with E-state index < -0.39 is 10.3 Å². The summed E-state index contributed by atoms with van der Waals surface area (Å²) < 4.78 is 22.9. The van der Waals surface area contributed by atoms with Crippen molar-refractivity contribution in [3.63, 3.8) is 0 Å². The van der Waals surface area contributed by atoms with Gasteiger partial charge in [0.1, 0.15) is 4.86 Å². The van der Waals surface area contributed by atoms with Crippen LogP contribution in [0, 0.1) is 0 Å². The number of fused-ring (bicyclic) bond motifs is 1. The second-order valence-corrected chi connectivity index (χ2v) is 4.79. The Balaban J connectivity index is 2.29. The largest absolute Gasteiger partial charge is 0.246 e. The van der Waals surface area contributed by atoms with Gasteiger partial charge in [0.05, 0.1) is 11.4 Å². The van der Waals surface area contributed by atoms with E-state index in [1.54, 1.807) is 6.07 Å². The van der Waals surface area contributed by atoms with Crippen molar-refractivity contribution in [1.82, 2.24) is 0 Å². The van der Waals surface area contributed by atoms with Gasteiger partial charge in [0.15, 0.2) is 0 Å². The molecule has 0 atom stereocenters. The number of para-hydroxylation sites is 1. The van der Waals surface area contributed by atoms with Gasteiger partial charge in [-0.1, -0.05) is 48.5 Å². The summed E-state index contributed by atoms with van der Waals surface area (Å²) >= 11 is 0. The van der Waals surface area contributed by atoms with Gasteiger partial charge in [-0.2, -0.15) is 8.42 Å². The summed E-state index contributed by atoms with van der Waals surface area (Å²) in [5, 5.41) is 0. The van der Waals surface area contributed by atoms with Crippen LogP contribution >= 0.6 is 0 Å². The Hall–Kier alpha value is -2.20. The van der Waals surface area contributed by atoms with Crippen LogP contribution in [0.4, 0.5) is 5.69 Å². The molecular formula is C14H9NO2S. The molecule has 0 fully saturated rings. The molecule has 2 aromatic carbocycles. The molecule has 4 heteroatoms. The van der Waals surface area contributed by atoms with Crippen LogP contribution in [0.25, 0.3) is 0 Å². The van der Waals surface area contributed by atoms with E-state index in [1.807, 2.05) is 48.5 Å². The molecule has 2 aromatic rings. The highest BCUT2D eigenvalue weighted by Gasteiger charge is 2.24. The van der Waals surface area contributed by atoms with Gasteiger partial charge in [-0.3, -0.25) is 0 Å². The van der Waals surface area contributed by atoms with Crippen molar-refractivity contribution in [2.45, 2.75) is 0 Å². The maximum atomic E-state index is 11.4. The van der Waals surface area contributed by atoms with Crippen LogP contribution in [0.15, 0.2) is 59.6 Å². The highest BCUT2D eigenvalue weighted by atomic mass is 32.2. The minimum Gasteiger partial charge on any atom is -0.246 e. The van der Waals surface area contributed by atoms with Crippen molar-refractivity contribution in [1.29, 1.82) is 0 Å². The topological polar surface area (TPSA) is 46.5 Å². The summed E-state index contributed by atoms with van der Waals surface area (Å²) in [7, 11) is -2.30. The second kappa shape index (κ2) is 4.23. The number of rotatable bonds is 1. The molecule has 3 nitrogen and oxygen atoms in total. The first-order valence-corrected chi connectivity index (χ1v) is 6.55. The van der Waals surface area contributed by atoms with Crippen molar-refractivity contribution in [2.75, 3.05) is 0 Å². The lowest BCUT2D eigenvalue weighted by Crippen LogP contribution is -2.13. The fourth-order valence-corrected chi connectivity index (χ4v) is 2.70. The third-order valence-corrected chi connectivity index (χ3v) is 3.56. The van der Waals surface area contributed by atoms with Crippen molar-refractivity contribution in [3.05, 3.63) is 65.7 Å². The highest BCUT2D eigenvalue weighted by molar-refractivity contribution is 7.75. The minimum atomic E-state index is -2.30. The average Bonchev–Trinajstić information content (AvgIpc) is 2.79. The number of hydrogen-bond donors (Lipinski definition) is 0. The van der Waals surface area contributed by atoms with Crippen molar-refractivity contribution < 1.29 is 8.42 Å². The Bertz CT molecular complexity index is 766. The molecule has 0 saturated heterocycles. The summed E-state index contributed by atoms with van der Waals surface area (Å²) in [6.45, 7) is 0. The Morgan fingerprint density at radius 3 is 2.22 bits per heavy atom. The summed E-state index contributed by atoms with van der Waals surface area (Å²) in [5.74, 6) is 0. The lowest BCUT2D eigenvalue weighted by Gasteiger charge is -1.99. The van der Waals surface area contributed by atoms with Gasteiger partial charge in [-0.25, -0.2) is 4.99 Å². The van der Waals surface area contributed by atoms with Crippen LogP contribution in [0.5, 0.6) is 0 Å². The Morgan fingerprint density at radius 2 is 1.50 bits per heavy atom. The normalized spacial score (nSPS) is 13.1. The zero-order valence-electron chi connectivity index (χ0n) is 9.37. The van der Waals surface area contributed by atoms with Crippen LogP contribution in [-0.2, 0) is 10.3 Å². The fourth-order valence-electron chi connectivity index (χ4n) is 2.02.